The van der Waals surface area contributed by atoms with Crippen molar-refractivity contribution in [3.05, 3.63) is 45.5 Å². The summed E-state index contributed by atoms with van der Waals surface area (Å²) in [4.78, 5) is 0.664. The Morgan fingerprint density at radius 1 is 1.12 bits per heavy atom. The molecule has 10 heteroatoms. The lowest BCUT2D eigenvalue weighted by atomic mass is 9.97. The van der Waals surface area contributed by atoms with Crippen LogP contribution >= 0.6 is 11.8 Å². The van der Waals surface area contributed by atoms with Crippen molar-refractivity contribution in [2.45, 2.75) is 43.5 Å². The Morgan fingerprint density at radius 2 is 1.65 bits per heavy atom. The summed E-state index contributed by atoms with van der Waals surface area (Å²) < 4.78 is 78.0. The molecular formula is C16H19F6N3S. The fourth-order valence-electron chi connectivity index (χ4n) is 2.72. The molecule has 0 aromatic heterocycles. The molecule has 0 fully saturated rings. The highest BCUT2D eigenvalue weighted by atomic mass is 32.2. The van der Waals surface area contributed by atoms with Crippen LogP contribution in [-0.4, -0.2) is 18.0 Å². The number of alkyl halides is 6. The van der Waals surface area contributed by atoms with Gasteiger partial charge in [-0.25, -0.2) is 0 Å². The molecule has 0 spiro atoms. The minimum Gasteiger partial charge on any atom is -0.401 e. The summed E-state index contributed by atoms with van der Waals surface area (Å²) in [6.45, 7) is 2.22. The number of rotatable bonds is 4. The molecule has 0 saturated heterocycles. The van der Waals surface area contributed by atoms with Gasteiger partial charge in [-0.1, -0.05) is 0 Å². The predicted octanol–water partition coefficient (Wildman–Crippen LogP) is 3.84. The van der Waals surface area contributed by atoms with E-state index in [2.05, 4.69) is 5.32 Å². The van der Waals surface area contributed by atoms with E-state index in [1.54, 1.807) is 6.92 Å². The molecule has 3 nitrogen and oxygen atoms in total. The quantitative estimate of drug-likeness (QED) is 0.532. The minimum absolute atomic E-state index is 0.0528. The van der Waals surface area contributed by atoms with E-state index in [0.29, 0.717) is 23.6 Å². The first-order valence-corrected chi connectivity index (χ1v) is 8.68. The van der Waals surface area contributed by atoms with Gasteiger partial charge in [-0.05, 0) is 37.1 Å². The fourth-order valence-corrected chi connectivity index (χ4v) is 3.70. The van der Waals surface area contributed by atoms with Gasteiger partial charge in [-0.15, -0.1) is 11.8 Å². The van der Waals surface area contributed by atoms with Crippen LogP contribution < -0.4 is 16.8 Å². The Kier molecular flexibility index (Phi) is 6.19. The number of nitrogens with two attached hydrogens (primary N) is 2. The maximum Gasteiger partial charge on any atom is 0.416 e. The van der Waals surface area contributed by atoms with Gasteiger partial charge in [0.2, 0.25) is 0 Å². The second kappa shape index (κ2) is 7.69. The molecule has 0 amide bonds. The summed E-state index contributed by atoms with van der Waals surface area (Å²) in [6, 6.07) is 1.13. The van der Waals surface area contributed by atoms with Crippen molar-refractivity contribution in [2.75, 3.05) is 6.54 Å². The standard InChI is InChI=1S/C16H19F6N3S/c1-8(23)26-14-12(24)2-3-25-13(14)6-9-4-10(15(17,18)19)7-11(5-9)16(20,21)22/h4-5,7-8,13,25H,2-3,6,23-24H2,1H3. The Bertz CT molecular complexity index is 649. The second-order valence-corrected chi connectivity index (χ2v) is 7.51. The summed E-state index contributed by atoms with van der Waals surface area (Å²) in [7, 11) is 0. The van der Waals surface area contributed by atoms with Gasteiger partial charge < -0.3 is 16.8 Å². The zero-order valence-electron chi connectivity index (χ0n) is 13.8. The van der Waals surface area contributed by atoms with Crippen molar-refractivity contribution in [1.29, 1.82) is 0 Å². The molecular weight excluding hydrogens is 380 g/mol. The lowest BCUT2D eigenvalue weighted by Crippen LogP contribution is -2.39. The summed E-state index contributed by atoms with van der Waals surface area (Å²) in [6.07, 6.45) is -9.24. The number of hydrogen-bond donors (Lipinski definition) is 3. The molecule has 5 N–H and O–H groups in total. The van der Waals surface area contributed by atoms with Gasteiger partial charge in [0.1, 0.15) is 0 Å². The minimum atomic E-state index is -4.87. The van der Waals surface area contributed by atoms with Gasteiger partial charge in [0, 0.05) is 29.6 Å². The van der Waals surface area contributed by atoms with Crippen LogP contribution in [0.15, 0.2) is 28.8 Å². The van der Waals surface area contributed by atoms with E-state index in [4.69, 9.17) is 11.5 Å². The summed E-state index contributed by atoms with van der Waals surface area (Å²) in [5.74, 6) is 0. The molecule has 2 atom stereocenters. The van der Waals surface area contributed by atoms with Crippen molar-refractivity contribution in [3.63, 3.8) is 0 Å². The maximum absolute atomic E-state index is 13.0. The Labute approximate surface area is 151 Å². The van der Waals surface area contributed by atoms with Crippen LogP contribution in [-0.2, 0) is 18.8 Å². The molecule has 0 aliphatic carbocycles. The predicted molar refractivity (Wildman–Crippen MR) is 89.0 cm³/mol. The lowest BCUT2D eigenvalue weighted by molar-refractivity contribution is -0.143. The molecule has 26 heavy (non-hydrogen) atoms. The van der Waals surface area contributed by atoms with Crippen LogP contribution in [0.3, 0.4) is 0 Å². The van der Waals surface area contributed by atoms with Crippen molar-refractivity contribution in [3.8, 4) is 0 Å². The fraction of sp³-hybridized carbons (Fsp3) is 0.500. The van der Waals surface area contributed by atoms with E-state index >= 15 is 0 Å². The van der Waals surface area contributed by atoms with Gasteiger partial charge in [-0.2, -0.15) is 26.3 Å². The molecule has 1 aliphatic heterocycles. The molecule has 1 aromatic carbocycles. The molecule has 2 rings (SSSR count). The largest absolute Gasteiger partial charge is 0.416 e. The molecule has 146 valence electrons. The number of halogens is 6. The van der Waals surface area contributed by atoms with Crippen molar-refractivity contribution >= 4 is 11.8 Å². The van der Waals surface area contributed by atoms with Crippen LogP contribution in [0.5, 0.6) is 0 Å². The molecule has 2 unspecified atom stereocenters. The zero-order valence-corrected chi connectivity index (χ0v) is 14.7. The van der Waals surface area contributed by atoms with E-state index in [9.17, 15) is 26.3 Å². The summed E-state index contributed by atoms with van der Waals surface area (Å²) in [5, 5.41) is 2.79. The highest BCUT2D eigenvalue weighted by molar-refractivity contribution is 8.03. The molecule has 0 saturated carbocycles. The number of benzene rings is 1. The van der Waals surface area contributed by atoms with Gasteiger partial charge in [0.25, 0.3) is 0 Å². The van der Waals surface area contributed by atoms with Gasteiger partial charge in [0.05, 0.1) is 16.5 Å². The zero-order chi connectivity index (χ0) is 19.7. The third kappa shape index (κ3) is 5.31. The average Bonchev–Trinajstić information content (AvgIpc) is 2.48. The van der Waals surface area contributed by atoms with E-state index in [0.717, 1.165) is 12.1 Å². The van der Waals surface area contributed by atoms with Crippen LogP contribution in [0.1, 0.15) is 30.0 Å². The maximum atomic E-state index is 13.0. The van der Waals surface area contributed by atoms with E-state index in [1.807, 2.05) is 0 Å². The highest BCUT2D eigenvalue weighted by Crippen LogP contribution is 2.37. The number of nitrogens with one attached hydrogen (secondary N) is 1. The smallest absolute Gasteiger partial charge is 0.401 e. The van der Waals surface area contributed by atoms with Crippen molar-refractivity contribution in [2.24, 2.45) is 11.5 Å². The first-order valence-electron chi connectivity index (χ1n) is 7.80. The average molecular weight is 399 g/mol. The van der Waals surface area contributed by atoms with Crippen LogP contribution in [0.25, 0.3) is 0 Å². The van der Waals surface area contributed by atoms with E-state index in [-0.39, 0.29) is 23.4 Å². The number of hydrogen-bond acceptors (Lipinski definition) is 4. The Balaban J connectivity index is 2.40. The van der Waals surface area contributed by atoms with Gasteiger partial charge in [-0.3, -0.25) is 0 Å². The Hall–Kier alpha value is -1.39. The summed E-state index contributed by atoms with van der Waals surface area (Å²) in [5.41, 5.74) is 9.57. The van der Waals surface area contributed by atoms with Gasteiger partial charge >= 0.3 is 12.4 Å². The monoisotopic (exact) mass is 399 g/mol. The second-order valence-electron chi connectivity index (χ2n) is 6.09. The van der Waals surface area contributed by atoms with Crippen LogP contribution in [0.4, 0.5) is 26.3 Å². The molecule has 1 heterocycles. The number of thioether (sulfide) groups is 1. The third-order valence-corrected chi connectivity index (χ3v) is 4.99. The normalized spacial score (nSPS) is 20.4. The van der Waals surface area contributed by atoms with E-state index < -0.39 is 29.5 Å². The molecule has 0 bridgehead atoms. The van der Waals surface area contributed by atoms with Crippen LogP contribution in [0, 0.1) is 0 Å². The highest BCUT2D eigenvalue weighted by Gasteiger charge is 2.37. The first-order chi connectivity index (χ1) is 11.9. The topological polar surface area (TPSA) is 64.1 Å². The van der Waals surface area contributed by atoms with E-state index in [1.165, 1.54) is 11.8 Å². The lowest BCUT2D eigenvalue weighted by Gasteiger charge is -2.29. The summed E-state index contributed by atoms with van der Waals surface area (Å²) >= 11 is 1.26. The molecule has 1 aliphatic rings. The molecule has 1 aromatic rings. The first kappa shape index (κ1) is 20.9. The van der Waals surface area contributed by atoms with Crippen molar-refractivity contribution < 1.29 is 26.3 Å². The Morgan fingerprint density at radius 3 is 2.12 bits per heavy atom. The van der Waals surface area contributed by atoms with Gasteiger partial charge in [0.15, 0.2) is 0 Å². The third-order valence-electron chi connectivity index (χ3n) is 3.82. The van der Waals surface area contributed by atoms with Crippen molar-refractivity contribution in [1.82, 2.24) is 5.32 Å². The SMILES string of the molecule is CC(N)SC1=C(N)CCNC1Cc1cc(C(F)(F)F)cc(C(F)(F)F)c1. The molecule has 0 radical (unpaired) electrons. The van der Waals surface area contributed by atoms with Crippen LogP contribution in [0.2, 0.25) is 0 Å².